The lowest BCUT2D eigenvalue weighted by Gasteiger charge is -2.13. The number of aromatic nitrogens is 1. The number of amides is 2. The van der Waals surface area contributed by atoms with E-state index < -0.39 is 11.8 Å². The van der Waals surface area contributed by atoms with Crippen molar-refractivity contribution in [2.45, 2.75) is 13.3 Å². The lowest BCUT2D eigenvalue weighted by atomic mass is 10.0. The molecule has 0 saturated carbocycles. The molecule has 2 aromatic rings. The highest BCUT2D eigenvalue weighted by Crippen LogP contribution is 2.24. The molecule has 1 aromatic heterocycles. The van der Waals surface area contributed by atoms with Gasteiger partial charge in [0.05, 0.1) is 11.3 Å². The molecule has 2 amide bonds. The quantitative estimate of drug-likeness (QED) is 0.411. The number of hydrogen-bond acceptors (Lipinski definition) is 5. The van der Waals surface area contributed by atoms with Gasteiger partial charge in [0.1, 0.15) is 11.6 Å². The lowest BCUT2D eigenvalue weighted by molar-refractivity contribution is -0.119. The highest BCUT2D eigenvalue weighted by atomic mass is 35.5. The van der Waals surface area contributed by atoms with Crippen molar-refractivity contribution in [3.63, 3.8) is 0 Å². The van der Waals surface area contributed by atoms with E-state index in [1.807, 2.05) is 6.92 Å². The van der Waals surface area contributed by atoms with E-state index in [9.17, 15) is 9.59 Å². The summed E-state index contributed by atoms with van der Waals surface area (Å²) in [5.41, 5.74) is 18.7. The molecule has 7 N–H and O–H groups in total. The molecule has 0 unspecified atom stereocenters. The van der Waals surface area contributed by atoms with E-state index >= 15 is 0 Å². The Bertz CT molecular complexity index is 854. The Morgan fingerprint density at radius 2 is 1.88 bits per heavy atom. The topological polar surface area (TPSA) is 158 Å². The van der Waals surface area contributed by atoms with Crippen LogP contribution in [0.4, 0.5) is 0 Å². The third-order valence-electron chi connectivity index (χ3n) is 3.48. The monoisotopic (exact) mass is 377 g/mol. The predicted octanol–water partition coefficient (Wildman–Crippen LogP) is 0.650. The average Bonchev–Trinajstić information content (AvgIpc) is 2.54. The Labute approximate surface area is 156 Å². The number of nitrogens with one attached hydrogen (secondary N) is 1. The van der Waals surface area contributed by atoms with Crippen LogP contribution in [-0.4, -0.2) is 29.2 Å². The van der Waals surface area contributed by atoms with Gasteiger partial charge < -0.3 is 21.9 Å². The van der Waals surface area contributed by atoms with Crippen LogP contribution in [0.2, 0.25) is 0 Å². The van der Waals surface area contributed by atoms with Crippen molar-refractivity contribution in [3.05, 3.63) is 58.4 Å². The Balaban J connectivity index is 0.00000338. The number of amidine groups is 1. The maximum atomic E-state index is 11.7. The van der Waals surface area contributed by atoms with Crippen molar-refractivity contribution in [3.8, 4) is 5.75 Å². The molecule has 0 aliphatic carbocycles. The second kappa shape index (κ2) is 8.82. The third-order valence-corrected chi connectivity index (χ3v) is 3.48. The van der Waals surface area contributed by atoms with Crippen molar-refractivity contribution >= 4 is 30.1 Å². The van der Waals surface area contributed by atoms with Gasteiger partial charge >= 0.3 is 0 Å². The minimum absolute atomic E-state index is 0. The summed E-state index contributed by atoms with van der Waals surface area (Å²) in [6.07, 6.45) is 1.89. The predicted molar refractivity (Wildman–Crippen MR) is 99.7 cm³/mol. The summed E-state index contributed by atoms with van der Waals surface area (Å²) in [5.74, 6) is -1.01. The molecular formula is C17H20ClN5O3. The Hall–Kier alpha value is -3.13. The van der Waals surface area contributed by atoms with Gasteiger partial charge in [0, 0.05) is 23.7 Å². The molecule has 1 aromatic carbocycles. The Morgan fingerprint density at radius 3 is 2.46 bits per heavy atom. The van der Waals surface area contributed by atoms with E-state index in [2.05, 4.69) is 4.98 Å². The number of benzene rings is 1. The summed E-state index contributed by atoms with van der Waals surface area (Å²) in [7, 11) is 0. The van der Waals surface area contributed by atoms with Crippen molar-refractivity contribution in [1.29, 1.82) is 5.41 Å². The zero-order chi connectivity index (χ0) is 18.6. The fraction of sp³-hybridized carbons (Fsp3) is 0.176. The summed E-state index contributed by atoms with van der Waals surface area (Å²) in [4.78, 5) is 26.9. The summed E-state index contributed by atoms with van der Waals surface area (Å²) < 4.78 is 5.41. The molecule has 0 aliphatic heterocycles. The first-order valence-electron chi connectivity index (χ1n) is 7.41. The van der Waals surface area contributed by atoms with Crippen LogP contribution in [0.25, 0.3) is 0 Å². The van der Waals surface area contributed by atoms with E-state index in [1.54, 1.807) is 30.5 Å². The first-order chi connectivity index (χ1) is 11.8. The second-order valence-corrected chi connectivity index (χ2v) is 5.54. The number of nitrogens with two attached hydrogens (primary N) is 3. The van der Waals surface area contributed by atoms with Gasteiger partial charge in [0.2, 0.25) is 0 Å². The van der Waals surface area contributed by atoms with Gasteiger partial charge in [0.15, 0.2) is 6.61 Å². The van der Waals surface area contributed by atoms with Gasteiger partial charge in [-0.2, -0.15) is 0 Å². The van der Waals surface area contributed by atoms with Crippen molar-refractivity contribution < 1.29 is 14.3 Å². The highest BCUT2D eigenvalue weighted by Gasteiger charge is 2.15. The number of nitrogens with zero attached hydrogens (tertiary/aromatic N) is 1. The number of rotatable bonds is 7. The number of primary amides is 2. The number of halogens is 1. The standard InChI is InChI=1S/C17H19N5O3.ClH/c1-9-4-12(17(21)24)13(22-7-9)5-10-2-3-11(16(19)20)6-14(10)25-8-15(18)23;/h2-4,6-7H,5,8H2,1H3,(H2,18,23)(H3,19,20)(H2,21,24);1H. The number of pyridine rings is 1. The van der Waals surface area contributed by atoms with Gasteiger partial charge in [-0.05, 0) is 24.6 Å². The van der Waals surface area contributed by atoms with Crippen LogP contribution in [0.5, 0.6) is 5.75 Å². The molecule has 0 fully saturated rings. The fourth-order valence-electron chi connectivity index (χ4n) is 2.28. The molecule has 138 valence electrons. The first-order valence-corrected chi connectivity index (χ1v) is 7.41. The molecule has 2 rings (SSSR count). The van der Waals surface area contributed by atoms with Crippen LogP contribution in [0.15, 0.2) is 30.5 Å². The normalized spacial score (nSPS) is 9.88. The van der Waals surface area contributed by atoms with Crippen molar-refractivity contribution in [2.24, 2.45) is 17.2 Å². The van der Waals surface area contributed by atoms with Gasteiger partial charge in [-0.25, -0.2) is 0 Å². The molecule has 0 spiro atoms. The van der Waals surface area contributed by atoms with E-state index in [1.165, 1.54) is 0 Å². The summed E-state index contributed by atoms with van der Waals surface area (Å²) in [6, 6.07) is 6.55. The van der Waals surface area contributed by atoms with Crippen LogP contribution in [0, 0.1) is 12.3 Å². The fourth-order valence-corrected chi connectivity index (χ4v) is 2.28. The molecular weight excluding hydrogens is 358 g/mol. The van der Waals surface area contributed by atoms with E-state index in [-0.39, 0.29) is 31.3 Å². The smallest absolute Gasteiger partial charge is 0.255 e. The number of hydrogen-bond donors (Lipinski definition) is 4. The van der Waals surface area contributed by atoms with E-state index in [4.69, 9.17) is 27.3 Å². The second-order valence-electron chi connectivity index (χ2n) is 5.54. The van der Waals surface area contributed by atoms with Gasteiger partial charge in [-0.15, -0.1) is 12.4 Å². The Morgan fingerprint density at radius 1 is 1.19 bits per heavy atom. The molecule has 26 heavy (non-hydrogen) atoms. The zero-order valence-electron chi connectivity index (χ0n) is 14.1. The molecule has 8 nitrogen and oxygen atoms in total. The number of nitrogen functional groups attached to an aromatic ring is 1. The van der Waals surface area contributed by atoms with Crippen LogP contribution < -0.4 is 21.9 Å². The van der Waals surface area contributed by atoms with E-state index in [0.29, 0.717) is 28.1 Å². The van der Waals surface area contributed by atoms with Crippen LogP contribution >= 0.6 is 12.4 Å². The number of carbonyl (C=O) groups excluding carboxylic acids is 2. The first kappa shape index (κ1) is 20.9. The SMILES string of the molecule is Cc1cnc(Cc2ccc(C(=N)N)cc2OCC(N)=O)c(C(N)=O)c1.Cl. The summed E-state index contributed by atoms with van der Waals surface area (Å²) >= 11 is 0. The molecule has 0 bridgehead atoms. The van der Waals surface area contributed by atoms with Crippen molar-refractivity contribution in [2.75, 3.05) is 6.61 Å². The highest BCUT2D eigenvalue weighted by molar-refractivity contribution is 5.95. The average molecular weight is 378 g/mol. The minimum Gasteiger partial charge on any atom is -0.483 e. The van der Waals surface area contributed by atoms with Crippen LogP contribution in [0.3, 0.4) is 0 Å². The van der Waals surface area contributed by atoms with Gasteiger partial charge in [0.25, 0.3) is 11.8 Å². The number of ether oxygens (including phenoxy) is 1. The van der Waals surface area contributed by atoms with Gasteiger partial charge in [-0.1, -0.05) is 12.1 Å². The molecule has 0 atom stereocenters. The maximum Gasteiger partial charge on any atom is 0.255 e. The minimum atomic E-state index is -0.634. The maximum absolute atomic E-state index is 11.7. The molecule has 1 heterocycles. The zero-order valence-corrected chi connectivity index (χ0v) is 14.9. The summed E-state index contributed by atoms with van der Waals surface area (Å²) in [6.45, 7) is 1.49. The number of carbonyl (C=O) groups is 2. The molecule has 9 heteroatoms. The summed E-state index contributed by atoms with van der Waals surface area (Å²) in [5, 5.41) is 7.51. The van der Waals surface area contributed by atoms with Crippen LogP contribution in [-0.2, 0) is 11.2 Å². The van der Waals surface area contributed by atoms with Crippen LogP contribution in [0.1, 0.15) is 32.7 Å². The third kappa shape index (κ3) is 5.18. The molecule has 0 aliphatic rings. The molecule has 0 saturated heterocycles. The lowest BCUT2D eigenvalue weighted by Crippen LogP contribution is -2.21. The van der Waals surface area contributed by atoms with Gasteiger partial charge in [-0.3, -0.25) is 20.0 Å². The van der Waals surface area contributed by atoms with E-state index in [0.717, 1.165) is 5.56 Å². The number of aryl methyl sites for hydroxylation is 1. The molecule has 0 radical (unpaired) electrons. The largest absolute Gasteiger partial charge is 0.483 e. The van der Waals surface area contributed by atoms with Crippen molar-refractivity contribution in [1.82, 2.24) is 4.98 Å². The Kier molecular flexibility index (Phi) is 7.09.